The van der Waals surface area contributed by atoms with Gasteiger partial charge in [-0.25, -0.2) is 0 Å². The predicted molar refractivity (Wildman–Crippen MR) is 66.6 cm³/mol. The van der Waals surface area contributed by atoms with E-state index in [0.29, 0.717) is 11.3 Å². The molecule has 1 aromatic rings. The van der Waals surface area contributed by atoms with Crippen molar-refractivity contribution in [2.24, 2.45) is 0 Å². The van der Waals surface area contributed by atoms with E-state index >= 15 is 0 Å². The van der Waals surface area contributed by atoms with E-state index in [1.165, 1.54) is 18.4 Å². The van der Waals surface area contributed by atoms with Crippen LogP contribution in [-0.2, 0) is 11.8 Å². The highest BCUT2D eigenvalue weighted by molar-refractivity contribution is 5.49. The van der Waals surface area contributed by atoms with Crippen molar-refractivity contribution in [2.45, 2.75) is 58.8 Å². The van der Waals surface area contributed by atoms with E-state index in [9.17, 15) is 0 Å². The van der Waals surface area contributed by atoms with E-state index in [1.54, 1.807) is 16.7 Å². The topological polar surface area (TPSA) is 0 Å². The lowest BCUT2D eigenvalue weighted by Crippen LogP contribution is -2.16. The summed E-state index contributed by atoms with van der Waals surface area (Å²) in [5.74, 6) is 0.650. The van der Waals surface area contributed by atoms with Crippen LogP contribution in [0.1, 0.15) is 62.3 Å². The van der Waals surface area contributed by atoms with Gasteiger partial charge in [0.2, 0.25) is 0 Å². The van der Waals surface area contributed by atoms with E-state index in [-0.39, 0.29) is 0 Å². The number of aryl methyl sites for hydroxylation is 2. The molecule has 1 aromatic carbocycles. The first-order valence-corrected chi connectivity index (χ1v) is 6.06. The van der Waals surface area contributed by atoms with Crippen molar-refractivity contribution in [1.29, 1.82) is 0 Å². The number of hydrogen-bond acceptors (Lipinski definition) is 0. The zero-order valence-corrected chi connectivity index (χ0v) is 10.6. The highest BCUT2D eigenvalue weighted by atomic mass is 14.4. The molecule has 2 rings (SSSR count). The van der Waals surface area contributed by atoms with E-state index in [0.717, 1.165) is 0 Å². The zero-order chi connectivity index (χ0) is 11.2. The van der Waals surface area contributed by atoms with Crippen LogP contribution in [0, 0.1) is 6.92 Å². The minimum Gasteiger partial charge on any atom is -0.0587 e. The summed E-state index contributed by atoms with van der Waals surface area (Å²) in [5, 5.41) is 0. The minimum atomic E-state index is 0.390. The van der Waals surface area contributed by atoms with Gasteiger partial charge in [-0.1, -0.05) is 39.8 Å². The monoisotopic (exact) mass is 202 g/mol. The van der Waals surface area contributed by atoms with Crippen molar-refractivity contribution < 1.29 is 0 Å². The van der Waals surface area contributed by atoms with Gasteiger partial charge < -0.3 is 0 Å². The van der Waals surface area contributed by atoms with Gasteiger partial charge in [0.05, 0.1) is 0 Å². The van der Waals surface area contributed by atoms with Crippen molar-refractivity contribution in [3.05, 3.63) is 34.4 Å². The van der Waals surface area contributed by atoms with E-state index in [1.807, 2.05) is 0 Å². The first-order valence-electron chi connectivity index (χ1n) is 6.06. The third kappa shape index (κ3) is 1.60. The van der Waals surface area contributed by atoms with E-state index < -0.39 is 0 Å². The van der Waals surface area contributed by atoms with Gasteiger partial charge in [-0.15, -0.1) is 0 Å². The summed E-state index contributed by atoms with van der Waals surface area (Å²) in [6, 6.07) is 4.64. The molecule has 1 aliphatic rings. The standard InChI is InChI=1S/C15H22/c1-10(2)13-11(3)6-7-12-8-9-15(4,5)14(12)13/h6-7,10H,8-9H2,1-5H3. The lowest BCUT2D eigenvalue weighted by Gasteiger charge is -2.26. The Balaban J connectivity index is 2.69. The van der Waals surface area contributed by atoms with Crippen molar-refractivity contribution in [3.8, 4) is 0 Å². The number of benzene rings is 1. The molecule has 0 atom stereocenters. The molecule has 0 radical (unpaired) electrons. The summed E-state index contributed by atoms with van der Waals surface area (Å²) < 4.78 is 0. The molecular formula is C15H22. The fraction of sp³-hybridized carbons (Fsp3) is 0.600. The normalized spacial score (nSPS) is 18.3. The molecule has 0 heteroatoms. The summed E-state index contributed by atoms with van der Waals surface area (Å²) in [7, 11) is 0. The van der Waals surface area contributed by atoms with Crippen LogP contribution in [0.15, 0.2) is 12.1 Å². The Morgan fingerprint density at radius 2 is 1.87 bits per heavy atom. The Kier molecular flexibility index (Phi) is 2.41. The molecule has 0 bridgehead atoms. The first kappa shape index (κ1) is 10.7. The molecule has 0 saturated carbocycles. The van der Waals surface area contributed by atoms with Crippen LogP contribution in [0.4, 0.5) is 0 Å². The molecule has 0 spiro atoms. The maximum absolute atomic E-state index is 2.39. The van der Waals surface area contributed by atoms with Gasteiger partial charge in [0.1, 0.15) is 0 Å². The molecule has 1 aliphatic carbocycles. The quantitative estimate of drug-likeness (QED) is 0.635. The second-order valence-electron chi connectivity index (χ2n) is 5.87. The maximum Gasteiger partial charge on any atom is -0.00947 e. The highest BCUT2D eigenvalue weighted by Gasteiger charge is 2.33. The highest BCUT2D eigenvalue weighted by Crippen LogP contribution is 2.43. The number of hydrogen-bond donors (Lipinski definition) is 0. The molecule has 0 aromatic heterocycles. The van der Waals surface area contributed by atoms with E-state index in [2.05, 4.69) is 46.8 Å². The smallest absolute Gasteiger partial charge is 0.00947 e. The molecule has 0 unspecified atom stereocenters. The van der Waals surface area contributed by atoms with Crippen LogP contribution in [0.5, 0.6) is 0 Å². The molecular weight excluding hydrogens is 180 g/mol. The average molecular weight is 202 g/mol. The Labute approximate surface area is 93.7 Å². The van der Waals surface area contributed by atoms with Crippen LogP contribution in [-0.4, -0.2) is 0 Å². The molecule has 0 N–H and O–H groups in total. The van der Waals surface area contributed by atoms with Crippen molar-refractivity contribution >= 4 is 0 Å². The van der Waals surface area contributed by atoms with Crippen LogP contribution in [0.3, 0.4) is 0 Å². The molecule has 0 aliphatic heterocycles. The molecule has 0 nitrogen and oxygen atoms in total. The first-order chi connectivity index (χ1) is 6.93. The van der Waals surface area contributed by atoms with Crippen molar-refractivity contribution in [3.63, 3.8) is 0 Å². The third-order valence-corrected chi connectivity index (χ3v) is 3.82. The Morgan fingerprint density at radius 3 is 2.47 bits per heavy atom. The predicted octanol–water partition coefficient (Wildman–Crippen LogP) is 4.34. The third-order valence-electron chi connectivity index (χ3n) is 3.82. The zero-order valence-electron chi connectivity index (χ0n) is 10.6. The van der Waals surface area contributed by atoms with Crippen molar-refractivity contribution in [1.82, 2.24) is 0 Å². The van der Waals surface area contributed by atoms with Crippen LogP contribution in [0.25, 0.3) is 0 Å². The van der Waals surface area contributed by atoms with Gasteiger partial charge in [0.25, 0.3) is 0 Å². The average Bonchev–Trinajstić information content (AvgIpc) is 2.42. The van der Waals surface area contributed by atoms with Gasteiger partial charge in [-0.3, -0.25) is 0 Å². The molecule has 0 saturated heterocycles. The maximum atomic E-state index is 2.39. The van der Waals surface area contributed by atoms with Gasteiger partial charge in [0, 0.05) is 0 Å². The van der Waals surface area contributed by atoms with Gasteiger partial charge in [-0.05, 0) is 53.4 Å². The second kappa shape index (κ2) is 3.37. The molecule has 0 heterocycles. The van der Waals surface area contributed by atoms with Crippen LogP contribution >= 0.6 is 0 Å². The van der Waals surface area contributed by atoms with Crippen molar-refractivity contribution in [2.75, 3.05) is 0 Å². The summed E-state index contributed by atoms with van der Waals surface area (Å²) in [6.07, 6.45) is 2.58. The molecule has 82 valence electrons. The largest absolute Gasteiger partial charge is 0.0587 e. The Bertz CT molecular complexity index is 383. The summed E-state index contributed by atoms with van der Waals surface area (Å²) in [6.45, 7) is 11.7. The van der Waals surface area contributed by atoms with Crippen LogP contribution in [0.2, 0.25) is 0 Å². The van der Waals surface area contributed by atoms with Gasteiger partial charge in [0.15, 0.2) is 0 Å². The summed E-state index contributed by atoms with van der Waals surface area (Å²) in [5.41, 5.74) is 6.71. The lowest BCUT2D eigenvalue weighted by atomic mass is 9.79. The van der Waals surface area contributed by atoms with E-state index in [4.69, 9.17) is 0 Å². The fourth-order valence-electron chi connectivity index (χ4n) is 3.09. The number of fused-ring (bicyclic) bond motifs is 1. The van der Waals surface area contributed by atoms with Crippen LogP contribution < -0.4 is 0 Å². The SMILES string of the molecule is Cc1ccc2c(c1C(C)C)C(C)(C)CC2. The fourth-order valence-corrected chi connectivity index (χ4v) is 3.09. The molecule has 0 amide bonds. The van der Waals surface area contributed by atoms with Gasteiger partial charge in [-0.2, -0.15) is 0 Å². The minimum absolute atomic E-state index is 0.390. The number of rotatable bonds is 1. The second-order valence-corrected chi connectivity index (χ2v) is 5.87. The summed E-state index contributed by atoms with van der Waals surface area (Å²) in [4.78, 5) is 0. The molecule has 15 heavy (non-hydrogen) atoms. The summed E-state index contributed by atoms with van der Waals surface area (Å²) >= 11 is 0. The Morgan fingerprint density at radius 1 is 1.20 bits per heavy atom. The Hall–Kier alpha value is -0.780. The van der Waals surface area contributed by atoms with Gasteiger partial charge >= 0.3 is 0 Å². The lowest BCUT2D eigenvalue weighted by molar-refractivity contribution is 0.515. The molecule has 0 fully saturated rings.